The molecule has 0 saturated heterocycles. The molecule has 0 atom stereocenters. The molecular formula is C9H11AlO6. The Labute approximate surface area is 98.5 Å². The lowest BCUT2D eigenvalue weighted by molar-refractivity contribution is -0.135. The van der Waals surface area contributed by atoms with Gasteiger partial charge < -0.3 is 18.2 Å². The Morgan fingerprint density at radius 1 is 1.25 bits per heavy atom. The van der Waals surface area contributed by atoms with Gasteiger partial charge >= 0.3 is 27.8 Å². The highest BCUT2D eigenvalue weighted by Gasteiger charge is 2.12. The van der Waals surface area contributed by atoms with Crippen LogP contribution in [0.15, 0.2) is 24.3 Å². The molecule has 6 nitrogen and oxygen atoms in total. The first-order valence-corrected chi connectivity index (χ1v) is 5.51. The maximum atomic E-state index is 11.1. The Hall–Kier alpha value is -1.39. The SMILES string of the molecule is CC(=O)OC(=O)c1ccccc1O.[OH][AlH][OH]. The number of hydrogen-bond donors (Lipinski definition) is 3. The maximum absolute atomic E-state index is 11.1. The second kappa shape index (κ2) is 7.85. The number of rotatable bonds is 1. The highest BCUT2D eigenvalue weighted by atomic mass is 27.2. The van der Waals surface area contributed by atoms with E-state index in [9.17, 15) is 14.7 Å². The van der Waals surface area contributed by atoms with Crippen molar-refractivity contribution in [2.45, 2.75) is 6.92 Å². The van der Waals surface area contributed by atoms with E-state index >= 15 is 0 Å². The number of carbonyl (C=O) groups is 2. The van der Waals surface area contributed by atoms with Crippen LogP contribution in [0.2, 0.25) is 0 Å². The van der Waals surface area contributed by atoms with E-state index in [1.807, 2.05) is 0 Å². The molecule has 0 aliphatic heterocycles. The summed E-state index contributed by atoms with van der Waals surface area (Å²) in [5.41, 5.74) is -0.0160. The van der Waals surface area contributed by atoms with Crippen LogP contribution in [0.5, 0.6) is 5.75 Å². The Morgan fingerprint density at radius 2 is 1.75 bits per heavy atom. The molecule has 16 heavy (non-hydrogen) atoms. The molecule has 0 aliphatic rings. The van der Waals surface area contributed by atoms with Crippen LogP contribution in [0.25, 0.3) is 0 Å². The predicted molar refractivity (Wildman–Crippen MR) is 55.8 cm³/mol. The van der Waals surface area contributed by atoms with Gasteiger partial charge in [0.05, 0.1) is 0 Å². The van der Waals surface area contributed by atoms with Crippen molar-refractivity contribution in [2.75, 3.05) is 0 Å². The lowest BCUT2D eigenvalue weighted by Gasteiger charge is -2.01. The number of aromatic hydroxyl groups is 1. The molecule has 0 saturated carbocycles. The van der Waals surface area contributed by atoms with Crippen molar-refractivity contribution in [3.63, 3.8) is 0 Å². The van der Waals surface area contributed by atoms with Gasteiger partial charge in [-0.25, -0.2) is 4.79 Å². The first kappa shape index (κ1) is 14.6. The number of phenolic OH excluding ortho intramolecular Hbond substituents is 1. The number of ether oxygens (including phenoxy) is 1. The van der Waals surface area contributed by atoms with Gasteiger partial charge in [-0.05, 0) is 12.1 Å². The summed E-state index contributed by atoms with van der Waals surface area (Å²) in [6.07, 6.45) is 0. The van der Waals surface area contributed by atoms with Crippen molar-refractivity contribution in [2.24, 2.45) is 0 Å². The number of esters is 2. The summed E-state index contributed by atoms with van der Waals surface area (Å²) < 4.78 is 18.8. The van der Waals surface area contributed by atoms with Gasteiger partial charge in [0.2, 0.25) is 0 Å². The van der Waals surface area contributed by atoms with E-state index in [4.69, 9.17) is 8.32 Å². The van der Waals surface area contributed by atoms with Crippen LogP contribution in [-0.2, 0) is 9.53 Å². The molecule has 1 aromatic rings. The fraction of sp³-hybridized carbons (Fsp3) is 0.111. The van der Waals surface area contributed by atoms with Gasteiger partial charge in [-0.1, -0.05) is 12.1 Å². The minimum Gasteiger partial charge on any atom is -0.507 e. The lowest BCUT2D eigenvalue weighted by Crippen LogP contribution is -2.09. The Balaban J connectivity index is 0.000000673. The molecule has 0 amide bonds. The largest absolute Gasteiger partial charge is 0.644 e. The molecule has 0 aromatic heterocycles. The van der Waals surface area contributed by atoms with Crippen molar-refractivity contribution in [1.82, 2.24) is 0 Å². The van der Waals surface area contributed by atoms with Crippen LogP contribution in [0, 0.1) is 0 Å². The highest BCUT2D eigenvalue weighted by Crippen LogP contribution is 2.16. The average molecular weight is 242 g/mol. The summed E-state index contributed by atoms with van der Waals surface area (Å²) in [7, 11) is 0. The molecule has 1 rings (SSSR count). The van der Waals surface area contributed by atoms with Crippen molar-refractivity contribution in [1.29, 1.82) is 0 Å². The Morgan fingerprint density at radius 3 is 2.19 bits per heavy atom. The monoisotopic (exact) mass is 242 g/mol. The third-order valence-electron chi connectivity index (χ3n) is 1.36. The van der Waals surface area contributed by atoms with Crippen molar-refractivity contribution in [3.05, 3.63) is 29.8 Å². The fourth-order valence-corrected chi connectivity index (χ4v) is 0.832. The Bertz CT molecular complexity index is 365. The van der Waals surface area contributed by atoms with Crippen molar-refractivity contribution in [3.8, 4) is 5.75 Å². The minimum atomic E-state index is -1.58. The highest BCUT2D eigenvalue weighted by molar-refractivity contribution is 6.13. The van der Waals surface area contributed by atoms with Crippen LogP contribution in [0.4, 0.5) is 0 Å². The summed E-state index contributed by atoms with van der Waals surface area (Å²) in [6.45, 7) is 1.12. The summed E-state index contributed by atoms with van der Waals surface area (Å²) in [5, 5.41) is 9.18. The van der Waals surface area contributed by atoms with E-state index in [0.29, 0.717) is 0 Å². The number of para-hydroxylation sites is 1. The van der Waals surface area contributed by atoms with Crippen LogP contribution >= 0.6 is 0 Å². The molecule has 3 N–H and O–H groups in total. The summed E-state index contributed by atoms with van der Waals surface area (Å²) in [6, 6.07) is 5.85. The number of carbonyl (C=O) groups excluding carboxylic acids is 2. The normalized spacial score (nSPS) is 8.44. The zero-order valence-electron chi connectivity index (χ0n) is 8.58. The van der Waals surface area contributed by atoms with E-state index in [2.05, 4.69) is 4.74 Å². The quantitative estimate of drug-likeness (QED) is 0.343. The number of benzene rings is 1. The van der Waals surface area contributed by atoms with Crippen molar-refractivity contribution >= 4 is 27.8 Å². The fourth-order valence-electron chi connectivity index (χ4n) is 0.832. The van der Waals surface area contributed by atoms with Gasteiger partial charge in [0, 0.05) is 6.92 Å². The lowest BCUT2D eigenvalue weighted by atomic mass is 10.2. The predicted octanol–water partition coefficient (Wildman–Crippen LogP) is -0.667. The van der Waals surface area contributed by atoms with Gasteiger partial charge in [-0.3, -0.25) is 4.79 Å². The Kier molecular flexibility index (Phi) is 7.17. The molecule has 0 spiro atoms. The van der Waals surface area contributed by atoms with E-state index in [1.165, 1.54) is 12.1 Å². The summed E-state index contributed by atoms with van der Waals surface area (Å²) in [5.74, 6) is -1.74. The molecule has 0 fully saturated rings. The van der Waals surface area contributed by atoms with E-state index in [0.717, 1.165) is 6.92 Å². The molecule has 0 bridgehead atoms. The average Bonchev–Trinajstić information content (AvgIpc) is 2.18. The second-order valence-corrected chi connectivity index (χ2v) is 2.82. The summed E-state index contributed by atoms with van der Waals surface area (Å²) in [4.78, 5) is 21.5. The van der Waals surface area contributed by atoms with E-state index in [-0.39, 0.29) is 11.3 Å². The van der Waals surface area contributed by atoms with Gasteiger partial charge in [-0.2, -0.15) is 0 Å². The number of hydrogen-bond acceptors (Lipinski definition) is 6. The van der Waals surface area contributed by atoms with E-state index < -0.39 is 27.8 Å². The third kappa shape index (κ3) is 5.48. The smallest absolute Gasteiger partial charge is 0.507 e. The van der Waals surface area contributed by atoms with Crippen LogP contribution in [0.1, 0.15) is 17.3 Å². The van der Waals surface area contributed by atoms with Gasteiger partial charge in [0.1, 0.15) is 11.3 Å². The zero-order chi connectivity index (χ0) is 12.6. The molecule has 0 unspecified atom stereocenters. The van der Waals surface area contributed by atoms with Crippen LogP contribution in [0.3, 0.4) is 0 Å². The van der Waals surface area contributed by atoms with Gasteiger partial charge in [0.25, 0.3) is 0 Å². The first-order valence-electron chi connectivity index (χ1n) is 4.25. The molecule has 0 aliphatic carbocycles. The minimum absolute atomic E-state index is 0.0160. The van der Waals surface area contributed by atoms with Gasteiger partial charge in [0.15, 0.2) is 0 Å². The standard InChI is InChI=1S/C9H8O4.Al.2H2O.H/c1-6(10)13-9(12)7-4-2-3-5-8(7)11;;;;/h2-5,11H,1H3;;2*1H2;/q;+2;;;/p-2. The zero-order valence-corrected chi connectivity index (χ0v) is 10.00. The molecule has 86 valence electrons. The topological polar surface area (TPSA) is 104 Å². The van der Waals surface area contributed by atoms with Crippen LogP contribution < -0.4 is 0 Å². The molecular weight excluding hydrogens is 231 g/mol. The molecule has 1 aromatic carbocycles. The summed E-state index contributed by atoms with van der Waals surface area (Å²) >= 11 is -1.58. The molecule has 0 radical (unpaired) electrons. The molecule has 7 heteroatoms. The maximum Gasteiger partial charge on any atom is 0.644 e. The van der Waals surface area contributed by atoms with Crippen molar-refractivity contribution < 1.29 is 27.7 Å². The third-order valence-corrected chi connectivity index (χ3v) is 1.36. The first-order chi connectivity index (χ1) is 7.52. The number of phenols is 1. The second-order valence-electron chi connectivity index (χ2n) is 2.54. The molecule has 0 heterocycles. The van der Waals surface area contributed by atoms with Gasteiger partial charge in [-0.15, -0.1) is 0 Å². The van der Waals surface area contributed by atoms with Crippen LogP contribution in [-0.4, -0.2) is 41.2 Å². The van der Waals surface area contributed by atoms with E-state index in [1.54, 1.807) is 12.1 Å².